The summed E-state index contributed by atoms with van der Waals surface area (Å²) in [5.41, 5.74) is 4.18. The van der Waals surface area contributed by atoms with Crippen LogP contribution in [0.5, 0.6) is 5.75 Å². The first-order chi connectivity index (χ1) is 10.7. The molecule has 0 spiro atoms. The Hall–Kier alpha value is -2.61. The highest BCUT2D eigenvalue weighted by Gasteiger charge is 2.22. The van der Waals surface area contributed by atoms with E-state index >= 15 is 0 Å². The third kappa shape index (κ3) is 2.00. The van der Waals surface area contributed by atoms with Gasteiger partial charge in [-0.2, -0.15) is 0 Å². The van der Waals surface area contributed by atoms with E-state index in [1.165, 1.54) is 5.56 Å². The average molecular weight is 287 g/mol. The Kier molecular flexibility index (Phi) is 2.97. The van der Waals surface area contributed by atoms with E-state index in [4.69, 9.17) is 4.99 Å². The highest BCUT2D eigenvalue weighted by atomic mass is 16.3. The second-order valence-electron chi connectivity index (χ2n) is 5.87. The Morgan fingerprint density at radius 2 is 1.73 bits per heavy atom. The number of nitrogens with zero attached hydrogens (tertiary/aromatic N) is 1. The molecule has 1 unspecified atom stereocenters. The summed E-state index contributed by atoms with van der Waals surface area (Å²) >= 11 is 0. The van der Waals surface area contributed by atoms with Crippen LogP contribution in [0.2, 0.25) is 0 Å². The van der Waals surface area contributed by atoms with Crippen LogP contribution in [-0.2, 0) is 6.42 Å². The predicted octanol–water partition coefficient (Wildman–Crippen LogP) is 4.33. The smallest absolute Gasteiger partial charge is 0.125 e. The van der Waals surface area contributed by atoms with Crippen molar-refractivity contribution in [1.29, 1.82) is 0 Å². The molecular weight excluding hydrogens is 270 g/mol. The molecule has 0 saturated carbocycles. The van der Waals surface area contributed by atoms with E-state index in [1.54, 1.807) is 6.07 Å². The van der Waals surface area contributed by atoms with E-state index in [1.807, 2.05) is 24.3 Å². The zero-order chi connectivity index (χ0) is 15.1. The molecule has 1 heterocycles. The van der Waals surface area contributed by atoms with Crippen LogP contribution >= 0.6 is 0 Å². The van der Waals surface area contributed by atoms with Crippen molar-refractivity contribution in [3.8, 4) is 5.75 Å². The van der Waals surface area contributed by atoms with E-state index in [-0.39, 0.29) is 6.04 Å². The van der Waals surface area contributed by atoms with E-state index in [0.29, 0.717) is 5.75 Å². The van der Waals surface area contributed by atoms with Crippen LogP contribution < -0.4 is 0 Å². The van der Waals surface area contributed by atoms with Crippen LogP contribution in [0.25, 0.3) is 10.8 Å². The highest BCUT2D eigenvalue weighted by Crippen LogP contribution is 2.33. The molecule has 2 nitrogen and oxygen atoms in total. The third-order valence-electron chi connectivity index (χ3n) is 4.28. The predicted molar refractivity (Wildman–Crippen MR) is 90.9 cm³/mol. The van der Waals surface area contributed by atoms with Crippen molar-refractivity contribution in [2.45, 2.75) is 19.4 Å². The fourth-order valence-corrected chi connectivity index (χ4v) is 3.29. The molecule has 3 aromatic carbocycles. The lowest BCUT2D eigenvalue weighted by atomic mass is 9.88. The molecule has 0 amide bonds. The molecule has 0 aromatic heterocycles. The third-order valence-corrected chi connectivity index (χ3v) is 4.28. The van der Waals surface area contributed by atoms with Crippen molar-refractivity contribution in [3.05, 3.63) is 77.4 Å². The maximum Gasteiger partial charge on any atom is 0.125 e. The van der Waals surface area contributed by atoms with Crippen molar-refractivity contribution in [3.63, 3.8) is 0 Å². The van der Waals surface area contributed by atoms with Gasteiger partial charge in [-0.15, -0.1) is 0 Å². The zero-order valence-electron chi connectivity index (χ0n) is 12.5. The van der Waals surface area contributed by atoms with Gasteiger partial charge < -0.3 is 5.11 Å². The SMILES string of the molecule is CC1Cc2ccccc2C(c2c(O)ccc3ccccc23)=N1. The monoisotopic (exact) mass is 287 g/mol. The lowest BCUT2D eigenvalue weighted by Crippen LogP contribution is -2.19. The molecular formula is C20H17NO. The summed E-state index contributed by atoms with van der Waals surface area (Å²) in [7, 11) is 0. The van der Waals surface area contributed by atoms with Crippen molar-refractivity contribution < 1.29 is 5.11 Å². The molecule has 0 aliphatic carbocycles. The standard InChI is InChI=1S/C20H17NO/c1-13-12-15-7-3-5-9-17(15)20(21-13)19-16-8-4-2-6-14(16)10-11-18(19)22/h2-11,13,22H,12H2,1H3. The summed E-state index contributed by atoms with van der Waals surface area (Å²) in [5, 5.41) is 12.7. The van der Waals surface area contributed by atoms with Crippen LogP contribution in [0.4, 0.5) is 0 Å². The van der Waals surface area contributed by atoms with Gasteiger partial charge in [0.1, 0.15) is 5.75 Å². The zero-order valence-corrected chi connectivity index (χ0v) is 12.5. The second kappa shape index (κ2) is 4.99. The fraction of sp³-hybridized carbons (Fsp3) is 0.150. The van der Waals surface area contributed by atoms with Gasteiger partial charge in [0, 0.05) is 11.1 Å². The van der Waals surface area contributed by atoms with Crippen LogP contribution in [-0.4, -0.2) is 16.9 Å². The van der Waals surface area contributed by atoms with Crippen molar-refractivity contribution in [2.75, 3.05) is 0 Å². The van der Waals surface area contributed by atoms with Crippen LogP contribution in [0.15, 0.2) is 65.7 Å². The van der Waals surface area contributed by atoms with Gasteiger partial charge in [0.25, 0.3) is 0 Å². The Morgan fingerprint density at radius 3 is 2.64 bits per heavy atom. The molecule has 4 rings (SSSR count). The van der Waals surface area contributed by atoms with Gasteiger partial charge in [-0.25, -0.2) is 0 Å². The Labute approximate surface area is 129 Å². The summed E-state index contributed by atoms with van der Waals surface area (Å²) in [6, 6.07) is 20.4. The van der Waals surface area contributed by atoms with Crippen molar-refractivity contribution in [1.82, 2.24) is 0 Å². The summed E-state index contributed by atoms with van der Waals surface area (Å²) in [6.07, 6.45) is 0.950. The van der Waals surface area contributed by atoms with E-state index in [0.717, 1.165) is 34.0 Å². The maximum absolute atomic E-state index is 10.5. The second-order valence-corrected chi connectivity index (χ2v) is 5.87. The van der Waals surface area contributed by atoms with Crippen molar-refractivity contribution in [2.24, 2.45) is 4.99 Å². The Balaban J connectivity index is 2.05. The first-order valence-corrected chi connectivity index (χ1v) is 7.61. The minimum Gasteiger partial charge on any atom is -0.507 e. The number of phenols is 1. The fourth-order valence-electron chi connectivity index (χ4n) is 3.29. The summed E-state index contributed by atoms with van der Waals surface area (Å²) < 4.78 is 0. The van der Waals surface area contributed by atoms with E-state index < -0.39 is 0 Å². The quantitative estimate of drug-likeness (QED) is 0.710. The number of benzene rings is 3. The first kappa shape index (κ1) is 13.1. The minimum absolute atomic E-state index is 0.225. The summed E-state index contributed by atoms with van der Waals surface area (Å²) in [5.74, 6) is 0.293. The molecule has 108 valence electrons. The molecule has 0 saturated heterocycles. The van der Waals surface area contributed by atoms with Crippen LogP contribution in [0.1, 0.15) is 23.6 Å². The molecule has 1 N–H and O–H groups in total. The maximum atomic E-state index is 10.5. The number of rotatable bonds is 1. The number of aromatic hydroxyl groups is 1. The average Bonchev–Trinajstić information content (AvgIpc) is 2.54. The number of hydrogen-bond donors (Lipinski definition) is 1. The van der Waals surface area contributed by atoms with E-state index in [9.17, 15) is 5.11 Å². The normalized spacial score (nSPS) is 17.1. The molecule has 0 fully saturated rings. The molecule has 1 aliphatic rings. The summed E-state index contributed by atoms with van der Waals surface area (Å²) in [4.78, 5) is 4.86. The molecule has 1 atom stereocenters. The van der Waals surface area contributed by atoms with Crippen molar-refractivity contribution >= 4 is 16.5 Å². The Morgan fingerprint density at radius 1 is 0.955 bits per heavy atom. The lowest BCUT2D eigenvalue weighted by molar-refractivity contribution is 0.475. The first-order valence-electron chi connectivity index (χ1n) is 7.61. The van der Waals surface area contributed by atoms with Gasteiger partial charge in [0.15, 0.2) is 0 Å². The Bertz CT molecular complexity index is 895. The molecule has 0 bridgehead atoms. The molecule has 22 heavy (non-hydrogen) atoms. The van der Waals surface area contributed by atoms with Gasteiger partial charge in [-0.05, 0) is 35.7 Å². The van der Waals surface area contributed by atoms with Gasteiger partial charge in [-0.1, -0.05) is 54.6 Å². The molecule has 2 heteroatoms. The molecule has 1 aliphatic heterocycles. The number of fused-ring (bicyclic) bond motifs is 2. The van der Waals surface area contributed by atoms with Gasteiger partial charge >= 0.3 is 0 Å². The number of phenolic OH excluding ortho intramolecular Hbond substituents is 1. The largest absolute Gasteiger partial charge is 0.507 e. The van der Waals surface area contributed by atoms with Gasteiger partial charge in [-0.3, -0.25) is 4.99 Å². The highest BCUT2D eigenvalue weighted by molar-refractivity contribution is 6.22. The minimum atomic E-state index is 0.225. The molecule has 0 radical (unpaired) electrons. The van der Waals surface area contributed by atoms with Crippen LogP contribution in [0, 0.1) is 0 Å². The number of aliphatic imine (C=N–C) groups is 1. The van der Waals surface area contributed by atoms with Gasteiger partial charge in [0.05, 0.1) is 11.8 Å². The molecule has 3 aromatic rings. The van der Waals surface area contributed by atoms with Crippen LogP contribution in [0.3, 0.4) is 0 Å². The lowest BCUT2D eigenvalue weighted by Gasteiger charge is -2.22. The summed E-state index contributed by atoms with van der Waals surface area (Å²) in [6.45, 7) is 2.12. The van der Waals surface area contributed by atoms with Gasteiger partial charge in [0.2, 0.25) is 0 Å². The number of hydrogen-bond acceptors (Lipinski definition) is 2. The van der Waals surface area contributed by atoms with E-state index in [2.05, 4.69) is 37.3 Å². The topological polar surface area (TPSA) is 32.6 Å².